The fraction of sp³-hybridized carbons (Fsp3) is 0.364. The van der Waals surface area contributed by atoms with Gasteiger partial charge in [0.25, 0.3) is 5.91 Å². The summed E-state index contributed by atoms with van der Waals surface area (Å²) in [6.07, 6.45) is 3.70. The van der Waals surface area contributed by atoms with Gasteiger partial charge in [0, 0.05) is 19.1 Å². The number of aromatic nitrogens is 1. The largest absolute Gasteiger partial charge is 0.274 e. The molecule has 0 N–H and O–H groups in total. The monoisotopic (exact) mass is 192 g/mol. The van der Waals surface area contributed by atoms with Crippen molar-refractivity contribution >= 4 is 5.91 Å². The van der Waals surface area contributed by atoms with Crippen molar-refractivity contribution in [3.63, 3.8) is 0 Å². The van der Waals surface area contributed by atoms with Crippen molar-refractivity contribution < 1.29 is 9.47 Å². The van der Waals surface area contributed by atoms with E-state index in [2.05, 4.69) is 6.92 Å². The fourth-order valence-corrected chi connectivity index (χ4v) is 1.23. The first-order valence-electron chi connectivity index (χ1n) is 4.69. The van der Waals surface area contributed by atoms with Crippen LogP contribution in [0.4, 0.5) is 0 Å². The molecule has 0 spiro atoms. The van der Waals surface area contributed by atoms with Gasteiger partial charge in [-0.2, -0.15) is 0 Å². The molecule has 1 radical (unpaired) electrons. The highest BCUT2D eigenvalue weighted by Crippen LogP contribution is 1.93. The Kier molecular flexibility index (Phi) is 3.63. The lowest BCUT2D eigenvalue weighted by molar-refractivity contribution is -0.683. The molecule has 14 heavy (non-hydrogen) atoms. The van der Waals surface area contributed by atoms with Crippen LogP contribution in [-0.4, -0.2) is 12.5 Å². The number of hydrogen-bond acceptors (Lipinski definition) is 1. The van der Waals surface area contributed by atoms with E-state index in [1.807, 2.05) is 37.5 Å². The van der Waals surface area contributed by atoms with Crippen LogP contribution in [0.25, 0.3) is 0 Å². The van der Waals surface area contributed by atoms with Crippen LogP contribution in [0, 0.1) is 12.8 Å². The summed E-state index contributed by atoms with van der Waals surface area (Å²) in [5, 5.41) is 1.66. The molecule has 0 saturated heterocycles. The molecule has 0 saturated carbocycles. The highest BCUT2D eigenvalue weighted by atomic mass is 16.2. The minimum absolute atomic E-state index is 0.0247. The first kappa shape index (κ1) is 10.7. The number of amides is 1. The summed E-state index contributed by atoms with van der Waals surface area (Å²) in [4.78, 5) is 11.4. The molecule has 0 aliphatic heterocycles. The minimum Gasteiger partial charge on any atom is -0.269 e. The highest BCUT2D eigenvalue weighted by Gasteiger charge is 2.18. The van der Waals surface area contributed by atoms with E-state index in [1.165, 1.54) is 0 Å². The molecule has 1 aromatic heterocycles. The number of pyridine rings is 1. The van der Waals surface area contributed by atoms with Crippen molar-refractivity contribution in [1.29, 1.82) is 0 Å². The van der Waals surface area contributed by atoms with E-state index in [0.717, 1.165) is 0 Å². The van der Waals surface area contributed by atoms with Crippen molar-refractivity contribution in [2.45, 2.75) is 13.8 Å². The van der Waals surface area contributed by atoms with Crippen LogP contribution in [0.15, 0.2) is 30.6 Å². The number of carbonyl (C=O) groups is 1. The Hall–Kier alpha value is -1.38. The maximum atomic E-state index is 11.4. The topological polar surface area (TPSA) is 24.2 Å². The zero-order valence-electron chi connectivity index (χ0n) is 8.68. The zero-order valence-corrected chi connectivity index (χ0v) is 8.68. The smallest absolute Gasteiger partial charge is 0.269 e. The predicted molar refractivity (Wildman–Crippen MR) is 54.9 cm³/mol. The van der Waals surface area contributed by atoms with Crippen LogP contribution in [0.2, 0.25) is 0 Å². The Morgan fingerprint density at radius 1 is 1.43 bits per heavy atom. The van der Waals surface area contributed by atoms with Crippen LogP contribution in [0.5, 0.6) is 0 Å². The standard InChI is InChI=1S/C11H16N2O/c1-10(2)9-13(11(3)14)12-7-5-4-6-8-12/h4-8,10H,1,9H2,2-3H3/q+1. The molecule has 1 atom stereocenters. The van der Waals surface area contributed by atoms with Crippen LogP contribution in [0.1, 0.15) is 13.8 Å². The predicted octanol–water partition coefficient (Wildman–Crippen LogP) is 0.929. The van der Waals surface area contributed by atoms with Crippen molar-refractivity contribution in [3.8, 4) is 0 Å². The molecule has 75 valence electrons. The van der Waals surface area contributed by atoms with Gasteiger partial charge in [0.2, 0.25) is 0 Å². The van der Waals surface area contributed by atoms with E-state index in [4.69, 9.17) is 0 Å². The molecule has 0 aliphatic rings. The van der Waals surface area contributed by atoms with E-state index < -0.39 is 0 Å². The van der Waals surface area contributed by atoms with E-state index in [-0.39, 0.29) is 11.8 Å². The molecule has 1 aromatic rings. The Morgan fingerprint density at radius 3 is 2.43 bits per heavy atom. The van der Waals surface area contributed by atoms with Gasteiger partial charge in [-0.1, -0.05) is 17.7 Å². The van der Waals surface area contributed by atoms with Crippen molar-refractivity contribution in [2.75, 3.05) is 11.6 Å². The number of hydrogen-bond donors (Lipinski definition) is 0. The summed E-state index contributed by atoms with van der Waals surface area (Å²) in [6, 6.07) is 5.70. The van der Waals surface area contributed by atoms with E-state index in [0.29, 0.717) is 6.54 Å². The number of rotatable bonds is 3. The average molecular weight is 192 g/mol. The molecule has 1 heterocycles. The molecule has 0 aromatic carbocycles. The highest BCUT2D eigenvalue weighted by molar-refractivity contribution is 5.81. The second-order valence-corrected chi connectivity index (χ2v) is 3.46. The molecule has 0 bridgehead atoms. The van der Waals surface area contributed by atoms with Crippen molar-refractivity contribution in [1.82, 2.24) is 0 Å². The summed E-state index contributed by atoms with van der Waals surface area (Å²) >= 11 is 0. The molecule has 1 unspecified atom stereocenters. The Balaban J connectivity index is 2.84. The first-order chi connectivity index (χ1) is 6.61. The van der Waals surface area contributed by atoms with Gasteiger partial charge in [-0.05, 0) is 12.8 Å². The summed E-state index contributed by atoms with van der Waals surface area (Å²) < 4.78 is 1.78. The van der Waals surface area contributed by atoms with E-state index in [9.17, 15) is 4.79 Å². The van der Waals surface area contributed by atoms with Gasteiger partial charge in [0.1, 0.15) is 0 Å². The molecule has 0 aliphatic carbocycles. The first-order valence-corrected chi connectivity index (χ1v) is 4.69. The number of nitrogens with zero attached hydrogens (tertiary/aromatic N) is 2. The summed E-state index contributed by atoms with van der Waals surface area (Å²) in [5.41, 5.74) is 0. The van der Waals surface area contributed by atoms with Crippen molar-refractivity contribution in [2.24, 2.45) is 5.92 Å². The van der Waals surface area contributed by atoms with E-state index >= 15 is 0 Å². The molecule has 3 nitrogen and oxygen atoms in total. The SMILES string of the molecule is [CH2]C(C)CN(C(C)=O)[n+]1ccccc1. The Morgan fingerprint density at radius 2 is 2.00 bits per heavy atom. The average Bonchev–Trinajstić information content (AvgIpc) is 2.15. The van der Waals surface area contributed by atoms with Crippen LogP contribution in [-0.2, 0) is 4.79 Å². The van der Waals surface area contributed by atoms with Gasteiger partial charge < -0.3 is 0 Å². The summed E-state index contributed by atoms with van der Waals surface area (Å²) in [7, 11) is 0. The molecule has 1 amide bonds. The Labute approximate surface area is 84.9 Å². The zero-order chi connectivity index (χ0) is 10.6. The van der Waals surface area contributed by atoms with Crippen LogP contribution >= 0.6 is 0 Å². The van der Waals surface area contributed by atoms with Crippen LogP contribution in [0.3, 0.4) is 0 Å². The quantitative estimate of drug-likeness (QED) is 0.654. The molecule has 1 rings (SSSR count). The normalized spacial score (nSPS) is 10.3. The third-order valence-electron chi connectivity index (χ3n) is 1.83. The molecule has 0 fully saturated rings. The lowest BCUT2D eigenvalue weighted by Gasteiger charge is -2.15. The van der Waals surface area contributed by atoms with Gasteiger partial charge in [-0.3, -0.25) is 4.79 Å². The second kappa shape index (κ2) is 4.74. The van der Waals surface area contributed by atoms with E-state index in [1.54, 1.807) is 16.6 Å². The fourth-order valence-electron chi connectivity index (χ4n) is 1.23. The lowest BCUT2D eigenvalue weighted by atomic mass is 10.2. The van der Waals surface area contributed by atoms with Gasteiger partial charge in [0.05, 0.1) is 6.54 Å². The molecular weight excluding hydrogens is 176 g/mol. The molecular formula is C11H16N2O+. The maximum Gasteiger partial charge on any atom is 0.274 e. The molecule has 3 heteroatoms. The van der Waals surface area contributed by atoms with Gasteiger partial charge >= 0.3 is 0 Å². The number of carbonyl (C=O) groups excluding carboxylic acids is 1. The van der Waals surface area contributed by atoms with Crippen LogP contribution < -0.4 is 9.69 Å². The van der Waals surface area contributed by atoms with Crippen molar-refractivity contribution in [3.05, 3.63) is 37.5 Å². The minimum atomic E-state index is 0.0247. The Bertz CT molecular complexity index is 295. The summed E-state index contributed by atoms with van der Waals surface area (Å²) in [6.45, 7) is 8.05. The lowest BCUT2D eigenvalue weighted by Crippen LogP contribution is -2.60. The maximum absolute atomic E-state index is 11.4. The van der Waals surface area contributed by atoms with Gasteiger partial charge in [-0.25, -0.2) is 0 Å². The third-order valence-corrected chi connectivity index (χ3v) is 1.83. The van der Waals surface area contributed by atoms with Gasteiger partial charge in [0.15, 0.2) is 12.4 Å². The van der Waals surface area contributed by atoms with Gasteiger partial charge in [-0.15, -0.1) is 5.01 Å². The summed E-state index contributed by atoms with van der Waals surface area (Å²) in [5.74, 6) is 0.239. The third kappa shape index (κ3) is 2.83. The second-order valence-electron chi connectivity index (χ2n) is 3.46.